The number of rotatable bonds is 4. The van der Waals surface area contributed by atoms with Gasteiger partial charge in [0.05, 0.1) is 11.0 Å². The Morgan fingerprint density at radius 1 is 1.23 bits per heavy atom. The fourth-order valence-electron chi connectivity index (χ4n) is 2.74. The molecule has 138 valence electrons. The van der Waals surface area contributed by atoms with E-state index in [1.807, 2.05) is 0 Å². The van der Waals surface area contributed by atoms with Crippen LogP contribution >= 0.6 is 0 Å². The number of aromatic nitrogens is 4. The third-order valence-corrected chi connectivity index (χ3v) is 3.93. The number of hydrogen-bond acceptors (Lipinski definition) is 3. The average Bonchev–Trinajstić information content (AvgIpc) is 2.99. The molecule has 26 heavy (non-hydrogen) atoms. The van der Waals surface area contributed by atoms with Crippen LogP contribution in [0, 0.1) is 6.92 Å². The van der Waals surface area contributed by atoms with Gasteiger partial charge in [-0.05, 0) is 19.1 Å². The minimum Gasteiger partial charge on any atom is -0.308 e. The summed E-state index contributed by atoms with van der Waals surface area (Å²) in [7, 11) is 1.60. The van der Waals surface area contributed by atoms with Crippen molar-refractivity contribution in [2.45, 2.75) is 26.2 Å². The van der Waals surface area contributed by atoms with Crippen molar-refractivity contribution in [1.29, 1.82) is 0 Å². The molecule has 3 rings (SSSR count). The van der Waals surface area contributed by atoms with Crippen molar-refractivity contribution in [2.75, 3.05) is 5.32 Å². The number of halogens is 3. The van der Waals surface area contributed by atoms with Crippen LogP contribution in [0.3, 0.4) is 0 Å². The maximum Gasteiger partial charge on any atom is 0.408 e. The van der Waals surface area contributed by atoms with E-state index in [0.717, 1.165) is 4.68 Å². The highest BCUT2D eigenvalue weighted by Gasteiger charge is 2.29. The predicted molar refractivity (Wildman–Crippen MR) is 88.8 cm³/mol. The van der Waals surface area contributed by atoms with Crippen molar-refractivity contribution < 1.29 is 18.0 Å². The van der Waals surface area contributed by atoms with E-state index >= 15 is 0 Å². The number of aryl methyl sites for hydroxylation is 2. The SMILES string of the molecule is Cc1cc(NC(=O)Cn2c(=O)n(C)c3ccccc32)nn1CC(F)(F)F. The smallest absolute Gasteiger partial charge is 0.308 e. The number of para-hydroxylation sites is 2. The summed E-state index contributed by atoms with van der Waals surface area (Å²) in [4.78, 5) is 24.5. The summed E-state index contributed by atoms with van der Waals surface area (Å²) in [6, 6.07) is 8.34. The van der Waals surface area contributed by atoms with E-state index < -0.39 is 18.6 Å². The van der Waals surface area contributed by atoms with Gasteiger partial charge in [-0.25, -0.2) is 4.79 Å². The standard InChI is InChI=1S/C16H16F3N5O2/c1-10-7-13(21-24(10)9-16(17,18)19)20-14(25)8-23-12-6-4-3-5-11(12)22(2)15(23)26/h3-7H,8-9H2,1-2H3,(H,20,21,25). The van der Waals surface area contributed by atoms with Crippen LogP contribution in [-0.4, -0.2) is 31.0 Å². The molecule has 0 radical (unpaired) electrons. The summed E-state index contributed by atoms with van der Waals surface area (Å²) in [6.07, 6.45) is -4.41. The number of alkyl halides is 3. The molecule has 0 saturated heterocycles. The van der Waals surface area contributed by atoms with Gasteiger partial charge in [-0.3, -0.25) is 18.6 Å². The van der Waals surface area contributed by atoms with Crippen LogP contribution in [0.25, 0.3) is 11.0 Å². The van der Waals surface area contributed by atoms with Gasteiger partial charge >= 0.3 is 11.9 Å². The number of imidazole rings is 1. The van der Waals surface area contributed by atoms with E-state index in [2.05, 4.69) is 10.4 Å². The van der Waals surface area contributed by atoms with E-state index in [0.29, 0.717) is 11.0 Å². The highest BCUT2D eigenvalue weighted by Crippen LogP contribution is 2.19. The third kappa shape index (κ3) is 3.48. The van der Waals surface area contributed by atoms with E-state index in [9.17, 15) is 22.8 Å². The number of benzene rings is 1. The van der Waals surface area contributed by atoms with Crippen LogP contribution in [0.2, 0.25) is 0 Å². The molecule has 3 aromatic rings. The topological polar surface area (TPSA) is 73.8 Å². The second kappa shape index (κ2) is 6.36. The molecule has 0 unspecified atom stereocenters. The van der Waals surface area contributed by atoms with Crippen LogP contribution in [-0.2, 0) is 24.9 Å². The number of amides is 1. The molecule has 2 aromatic heterocycles. The van der Waals surface area contributed by atoms with Gasteiger partial charge in [-0.1, -0.05) is 12.1 Å². The van der Waals surface area contributed by atoms with E-state index in [1.165, 1.54) is 22.1 Å². The Hall–Kier alpha value is -3.04. The van der Waals surface area contributed by atoms with Crippen molar-refractivity contribution in [1.82, 2.24) is 18.9 Å². The molecule has 2 heterocycles. The van der Waals surface area contributed by atoms with Gasteiger partial charge in [0.1, 0.15) is 13.1 Å². The predicted octanol–water partition coefficient (Wildman–Crippen LogP) is 2.05. The van der Waals surface area contributed by atoms with Crippen LogP contribution in [0.15, 0.2) is 35.1 Å². The second-order valence-corrected chi connectivity index (χ2v) is 5.91. The maximum absolute atomic E-state index is 12.5. The zero-order valence-electron chi connectivity index (χ0n) is 14.0. The van der Waals surface area contributed by atoms with Crippen LogP contribution in [0.5, 0.6) is 0 Å². The summed E-state index contributed by atoms with van der Waals surface area (Å²) in [5.41, 5.74) is 1.17. The first-order valence-corrected chi connectivity index (χ1v) is 7.71. The molecule has 0 saturated carbocycles. The van der Waals surface area contributed by atoms with Gasteiger partial charge in [-0.15, -0.1) is 0 Å². The molecule has 1 amide bonds. The van der Waals surface area contributed by atoms with E-state index in [4.69, 9.17) is 0 Å². The molecular formula is C16H16F3N5O2. The Kier molecular flexibility index (Phi) is 4.34. The van der Waals surface area contributed by atoms with E-state index in [-0.39, 0.29) is 23.7 Å². The quantitative estimate of drug-likeness (QED) is 0.767. The Morgan fingerprint density at radius 3 is 2.54 bits per heavy atom. The molecule has 0 aliphatic carbocycles. The van der Waals surface area contributed by atoms with E-state index in [1.54, 1.807) is 31.3 Å². The molecule has 0 aliphatic heterocycles. The lowest BCUT2D eigenvalue weighted by Gasteiger charge is -2.07. The average molecular weight is 367 g/mol. The lowest BCUT2D eigenvalue weighted by molar-refractivity contribution is -0.142. The third-order valence-electron chi connectivity index (χ3n) is 3.93. The van der Waals surface area contributed by atoms with Crippen molar-refractivity contribution in [2.24, 2.45) is 7.05 Å². The van der Waals surface area contributed by atoms with Crippen molar-refractivity contribution in [3.8, 4) is 0 Å². The molecule has 7 nitrogen and oxygen atoms in total. The van der Waals surface area contributed by atoms with Crippen molar-refractivity contribution in [3.63, 3.8) is 0 Å². The highest BCUT2D eigenvalue weighted by atomic mass is 19.4. The molecule has 0 fully saturated rings. The monoisotopic (exact) mass is 367 g/mol. The van der Waals surface area contributed by atoms with Gasteiger partial charge in [0.25, 0.3) is 0 Å². The molecule has 0 bridgehead atoms. The number of anilines is 1. The molecule has 1 aromatic carbocycles. The minimum absolute atomic E-state index is 0.00466. The van der Waals surface area contributed by atoms with Crippen LogP contribution in [0.1, 0.15) is 5.69 Å². The first kappa shape index (κ1) is 17.8. The molecular weight excluding hydrogens is 351 g/mol. The van der Waals surface area contributed by atoms with Gasteiger partial charge < -0.3 is 5.32 Å². The Balaban J connectivity index is 1.80. The number of hydrogen-bond donors (Lipinski definition) is 1. The summed E-state index contributed by atoms with van der Waals surface area (Å²) in [5, 5.41) is 6.17. The summed E-state index contributed by atoms with van der Waals surface area (Å²) < 4.78 is 40.9. The summed E-state index contributed by atoms with van der Waals surface area (Å²) >= 11 is 0. The fourth-order valence-corrected chi connectivity index (χ4v) is 2.74. The Bertz CT molecular complexity index is 1030. The Labute approximate surface area is 145 Å². The molecule has 10 heteroatoms. The zero-order chi connectivity index (χ0) is 19.1. The number of fused-ring (bicyclic) bond motifs is 1. The molecule has 0 spiro atoms. The van der Waals surface area contributed by atoms with Crippen molar-refractivity contribution >= 4 is 22.8 Å². The van der Waals surface area contributed by atoms with Gasteiger partial charge in [0.2, 0.25) is 5.91 Å². The first-order valence-electron chi connectivity index (χ1n) is 7.71. The summed E-state index contributed by atoms with van der Waals surface area (Å²) in [6.45, 7) is -0.0492. The lowest BCUT2D eigenvalue weighted by atomic mass is 10.3. The van der Waals surface area contributed by atoms with Gasteiger partial charge in [0, 0.05) is 18.8 Å². The number of nitrogens with zero attached hydrogens (tertiary/aromatic N) is 4. The molecule has 0 atom stereocenters. The number of nitrogens with one attached hydrogen (secondary N) is 1. The number of carbonyl (C=O) groups is 1. The summed E-state index contributed by atoms with van der Waals surface area (Å²) in [5.74, 6) is -0.551. The largest absolute Gasteiger partial charge is 0.408 e. The Morgan fingerprint density at radius 2 is 1.88 bits per heavy atom. The molecule has 1 N–H and O–H groups in total. The van der Waals surface area contributed by atoms with Crippen LogP contribution in [0.4, 0.5) is 19.0 Å². The number of carbonyl (C=O) groups excluding carboxylic acids is 1. The maximum atomic E-state index is 12.5. The first-order chi connectivity index (χ1) is 12.2. The lowest BCUT2D eigenvalue weighted by Crippen LogP contribution is -2.28. The van der Waals surface area contributed by atoms with Crippen molar-refractivity contribution in [3.05, 3.63) is 46.5 Å². The highest BCUT2D eigenvalue weighted by molar-refractivity contribution is 5.90. The van der Waals surface area contributed by atoms with Gasteiger partial charge in [0.15, 0.2) is 5.82 Å². The fraction of sp³-hybridized carbons (Fsp3) is 0.312. The zero-order valence-corrected chi connectivity index (χ0v) is 14.0. The second-order valence-electron chi connectivity index (χ2n) is 5.91. The molecule has 0 aliphatic rings. The minimum atomic E-state index is -4.41. The van der Waals surface area contributed by atoms with Crippen LogP contribution < -0.4 is 11.0 Å². The van der Waals surface area contributed by atoms with Gasteiger partial charge in [-0.2, -0.15) is 18.3 Å². The normalized spacial score (nSPS) is 11.9.